The van der Waals surface area contributed by atoms with Crippen LogP contribution in [-0.2, 0) is 0 Å². The van der Waals surface area contributed by atoms with E-state index < -0.39 is 5.91 Å². The molecular formula is C13H9N3O2. The monoisotopic (exact) mass is 239 g/mol. The third kappa shape index (κ3) is 1.71. The Morgan fingerprint density at radius 2 is 1.94 bits per heavy atom. The van der Waals surface area contributed by atoms with E-state index in [1.807, 2.05) is 18.2 Å². The van der Waals surface area contributed by atoms with Crippen molar-refractivity contribution in [2.45, 2.75) is 0 Å². The zero-order valence-corrected chi connectivity index (χ0v) is 9.33. The number of carbonyl (C=O) groups is 1. The SMILES string of the molecule is NC(=O)c1ccc2ccc(-c3ccon3)nc2c1. The molecule has 1 aromatic carbocycles. The van der Waals surface area contributed by atoms with E-state index in [2.05, 4.69) is 10.1 Å². The zero-order chi connectivity index (χ0) is 12.5. The van der Waals surface area contributed by atoms with E-state index in [9.17, 15) is 4.79 Å². The van der Waals surface area contributed by atoms with Gasteiger partial charge in [-0.15, -0.1) is 0 Å². The molecule has 2 heterocycles. The molecule has 18 heavy (non-hydrogen) atoms. The Hall–Kier alpha value is -2.69. The third-order valence-corrected chi connectivity index (χ3v) is 2.68. The summed E-state index contributed by atoms with van der Waals surface area (Å²) in [5.41, 5.74) is 7.73. The van der Waals surface area contributed by atoms with Gasteiger partial charge in [-0.1, -0.05) is 17.3 Å². The summed E-state index contributed by atoms with van der Waals surface area (Å²) in [5.74, 6) is -0.467. The highest BCUT2D eigenvalue weighted by molar-refractivity contribution is 5.96. The number of primary amides is 1. The van der Waals surface area contributed by atoms with Crippen LogP contribution >= 0.6 is 0 Å². The Labute approximate surface area is 102 Å². The standard InChI is InChI=1S/C13H9N3O2/c14-13(17)9-2-1-8-3-4-10(15-12(8)7-9)11-5-6-18-16-11/h1-7H,(H2,14,17). The first kappa shape index (κ1) is 10.5. The van der Waals surface area contributed by atoms with Crippen LogP contribution in [-0.4, -0.2) is 16.0 Å². The minimum atomic E-state index is -0.467. The molecule has 5 heteroatoms. The highest BCUT2D eigenvalue weighted by atomic mass is 16.5. The van der Waals surface area contributed by atoms with Gasteiger partial charge in [-0.3, -0.25) is 4.79 Å². The second-order valence-corrected chi connectivity index (χ2v) is 3.85. The van der Waals surface area contributed by atoms with Gasteiger partial charge in [0.1, 0.15) is 12.0 Å². The second kappa shape index (κ2) is 3.96. The first-order chi connectivity index (χ1) is 8.74. The fraction of sp³-hybridized carbons (Fsp3) is 0. The van der Waals surface area contributed by atoms with Gasteiger partial charge < -0.3 is 10.3 Å². The van der Waals surface area contributed by atoms with Crippen molar-refractivity contribution in [3.8, 4) is 11.4 Å². The first-order valence-electron chi connectivity index (χ1n) is 5.35. The van der Waals surface area contributed by atoms with Crippen LogP contribution in [0.1, 0.15) is 10.4 Å². The van der Waals surface area contributed by atoms with Crippen LogP contribution in [0.2, 0.25) is 0 Å². The molecule has 1 amide bonds. The highest BCUT2D eigenvalue weighted by Gasteiger charge is 2.06. The van der Waals surface area contributed by atoms with E-state index in [4.69, 9.17) is 10.3 Å². The summed E-state index contributed by atoms with van der Waals surface area (Å²) in [5, 5.41) is 4.76. The van der Waals surface area contributed by atoms with Gasteiger partial charge in [-0.25, -0.2) is 4.98 Å². The maximum Gasteiger partial charge on any atom is 0.248 e. The number of hydrogen-bond acceptors (Lipinski definition) is 4. The predicted octanol–water partition coefficient (Wildman–Crippen LogP) is 1.99. The summed E-state index contributed by atoms with van der Waals surface area (Å²) in [4.78, 5) is 15.6. The zero-order valence-electron chi connectivity index (χ0n) is 9.33. The van der Waals surface area contributed by atoms with Crippen molar-refractivity contribution in [2.24, 2.45) is 5.73 Å². The number of fused-ring (bicyclic) bond motifs is 1. The van der Waals surface area contributed by atoms with Gasteiger partial charge in [0.25, 0.3) is 0 Å². The first-order valence-corrected chi connectivity index (χ1v) is 5.35. The van der Waals surface area contributed by atoms with Crippen LogP contribution in [0.3, 0.4) is 0 Å². The average molecular weight is 239 g/mol. The lowest BCUT2D eigenvalue weighted by Gasteiger charge is -2.01. The summed E-state index contributed by atoms with van der Waals surface area (Å²) in [6.45, 7) is 0. The smallest absolute Gasteiger partial charge is 0.248 e. The topological polar surface area (TPSA) is 82.0 Å². The van der Waals surface area contributed by atoms with Gasteiger partial charge in [0.15, 0.2) is 0 Å². The molecule has 0 aliphatic heterocycles. The summed E-state index contributed by atoms with van der Waals surface area (Å²) in [7, 11) is 0. The molecule has 2 aromatic heterocycles. The van der Waals surface area contributed by atoms with Crippen molar-refractivity contribution >= 4 is 16.8 Å². The summed E-state index contributed by atoms with van der Waals surface area (Å²) in [6.07, 6.45) is 1.49. The number of benzene rings is 1. The fourth-order valence-corrected chi connectivity index (χ4v) is 1.76. The highest BCUT2D eigenvalue weighted by Crippen LogP contribution is 2.20. The molecule has 0 aliphatic rings. The van der Waals surface area contributed by atoms with Gasteiger partial charge in [-0.2, -0.15) is 0 Å². The number of hydrogen-bond donors (Lipinski definition) is 1. The Morgan fingerprint density at radius 1 is 1.11 bits per heavy atom. The Balaban J connectivity index is 2.18. The molecule has 0 atom stereocenters. The summed E-state index contributed by atoms with van der Waals surface area (Å²) >= 11 is 0. The minimum absolute atomic E-state index is 0.437. The Bertz CT molecular complexity index is 720. The molecule has 0 radical (unpaired) electrons. The van der Waals surface area contributed by atoms with Gasteiger partial charge in [0, 0.05) is 17.0 Å². The van der Waals surface area contributed by atoms with Crippen LogP contribution in [0, 0.1) is 0 Å². The summed E-state index contributed by atoms with van der Waals surface area (Å²) < 4.78 is 4.78. The van der Waals surface area contributed by atoms with E-state index in [1.165, 1.54) is 6.26 Å². The summed E-state index contributed by atoms with van der Waals surface area (Å²) in [6, 6.07) is 10.7. The number of carbonyl (C=O) groups excluding carboxylic acids is 1. The number of rotatable bonds is 2. The van der Waals surface area contributed by atoms with E-state index in [0.29, 0.717) is 22.5 Å². The maximum atomic E-state index is 11.1. The molecule has 2 N–H and O–H groups in total. The molecule has 0 bridgehead atoms. The molecule has 0 saturated carbocycles. The Kier molecular flexibility index (Phi) is 2.30. The molecule has 0 fully saturated rings. The fourth-order valence-electron chi connectivity index (χ4n) is 1.76. The van der Waals surface area contributed by atoms with Crippen molar-refractivity contribution in [3.63, 3.8) is 0 Å². The number of nitrogens with zero attached hydrogens (tertiary/aromatic N) is 2. The molecule has 0 unspecified atom stereocenters. The number of pyridine rings is 1. The normalized spacial score (nSPS) is 10.7. The lowest BCUT2D eigenvalue weighted by Crippen LogP contribution is -2.10. The van der Waals surface area contributed by atoms with Crippen molar-refractivity contribution in [2.75, 3.05) is 0 Å². The van der Waals surface area contributed by atoms with E-state index >= 15 is 0 Å². The van der Waals surface area contributed by atoms with Crippen LogP contribution < -0.4 is 5.73 Å². The maximum absolute atomic E-state index is 11.1. The van der Waals surface area contributed by atoms with Crippen LogP contribution in [0.4, 0.5) is 0 Å². The van der Waals surface area contributed by atoms with Crippen LogP contribution in [0.15, 0.2) is 47.2 Å². The number of amides is 1. The second-order valence-electron chi connectivity index (χ2n) is 3.85. The molecular weight excluding hydrogens is 230 g/mol. The molecule has 88 valence electrons. The molecule has 0 aliphatic carbocycles. The number of nitrogens with two attached hydrogens (primary N) is 1. The van der Waals surface area contributed by atoms with Crippen LogP contribution in [0.25, 0.3) is 22.3 Å². The van der Waals surface area contributed by atoms with Gasteiger partial charge in [-0.05, 0) is 18.2 Å². The largest absolute Gasteiger partial charge is 0.366 e. The van der Waals surface area contributed by atoms with Crippen LogP contribution in [0.5, 0.6) is 0 Å². The van der Waals surface area contributed by atoms with Crippen molar-refractivity contribution < 1.29 is 9.32 Å². The molecule has 3 aromatic rings. The predicted molar refractivity (Wildman–Crippen MR) is 65.8 cm³/mol. The number of aromatic nitrogens is 2. The third-order valence-electron chi connectivity index (χ3n) is 2.68. The van der Waals surface area contributed by atoms with Gasteiger partial charge in [0.05, 0.1) is 11.2 Å². The Morgan fingerprint density at radius 3 is 2.67 bits per heavy atom. The van der Waals surface area contributed by atoms with E-state index in [1.54, 1.807) is 18.2 Å². The van der Waals surface area contributed by atoms with Crippen molar-refractivity contribution in [3.05, 3.63) is 48.2 Å². The minimum Gasteiger partial charge on any atom is -0.366 e. The van der Waals surface area contributed by atoms with Crippen molar-refractivity contribution in [1.82, 2.24) is 10.1 Å². The average Bonchev–Trinajstić information content (AvgIpc) is 2.91. The van der Waals surface area contributed by atoms with E-state index in [0.717, 1.165) is 5.39 Å². The van der Waals surface area contributed by atoms with Gasteiger partial charge in [0.2, 0.25) is 5.91 Å². The quantitative estimate of drug-likeness (QED) is 0.741. The molecule has 0 spiro atoms. The molecule has 5 nitrogen and oxygen atoms in total. The van der Waals surface area contributed by atoms with Gasteiger partial charge >= 0.3 is 0 Å². The van der Waals surface area contributed by atoms with Crippen molar-refractivity contribution in [1.29, 1.82) is 0 Å². The lowest BCUT2D eigenvalue weighted by atomic mass is 10.1. The molecule has 0 saturated heterocycles. The van der Waals surface area contributed by atoms with E-state index in [-0.39, 0.29) is 0 Å². The molecule has 3 rings (SSSR count). The lowest BCUT2D eigenvalue weighted by molar-refractivity contribution is 0.100.